The van der Waals surface area contributed by atoms with Crippen LogP contribution in [0.15, 0.2) is 36.5 Å². The van der Waals surface area contributed by atoms with Crippen molar-refractivity contribution in [2.24, 2.45) is 0 Å². The molecule has 0 aliphatic heterocycles. The van der Waals surface area contributed by atoms with E-state index in [-0.39, 0.29) is 25.6 Å². The molecule has 0 aliphatic carbocycles. The molecule has 0 spiro atoms. The third kappa shape index (κ3) is 4.13. The highest BCUT2D eigenvalue weighted by atomic mass is 16.5. The molecule has 0 radical (unpaired) electrons. The van der Waals surface area contributed by atoms with Crippen LogP contribution in [-0.4, -0.2) is 39.8 Å². The molecule has 1 N–H and O–H groups in total. The van der Waals surface area contributed by atoms with Gasteiger partial charge in [-0.1, -0.05) is 29.8 Å². The quantitative estimate of drug-likeness (QED) is 0.677. The van der Waals surface area contributed by atoms with Crippen LogP contribution in [0.1, 0.15) is 18.2 Å². The van der Waals surface area contributed by atoms with Crippen LogP contribution in [0.5, 0.6) is 0 Å². The summed E-state index contributed by atoms with van der Waals surface area (Å²) in [5, 5.41) is 7.94. The fourth-order valence-corrected chi connectivity index (χ4v) is 3.02. The lowest BCUT2D eigenvalue weighted by molar-refractivity contribution is -0.143. The first kappa shape index (κ1) is 18.6. The molecule has 0 fully saturated rings. The summed E-state index contributed by atoms with van der Waals surface area (Å²) < 4.78 is 6.36. The highest BCUT2D eigenvalue weighted by Gasteiger charge is 2.16. The van der Waals surface area contributed by atoms with E-state index in [9.17, 15) is 9.59 Å². The summed E-state index contributed by atoms with van der Waals surface area (Å²) in [7, 11) is 0. The van der Waals surface area contributed by atoms with Crippen molar-refractivity contribution in [2.45, 2.75) is 27.3 Å². The molecule has 2 aromatic heterocycles. The largest absolute Gasteiger partial charge is 0.465 e. The zero-order valence-corrected chi connectivity index (χ0v) is 15.7. The predicted molar refractivity (Wildman–Crippen MR) is 102 cm³/mol. The summed E-state index contributed by atoms with van der Waals surface area (Å²) in [6.07, 6.45) is 1.72. The van der Waals surface area contributed by atoms with Crippen molar-refractivity contribution in [3.8, 4) is 11.1 Å². The summed E-state index contributed by atoms with van der Waals surface area (Å²) in [4.78, 5) is 28.0. The second kappa shape index (κ2) is 7.99. The van der Waals surface area contributed by atoms with E-state index < -0.39 is 5.97 Å². The second-order valence-electron chi connectivity index (χ2n) is 6.25. The van der Waals surface area contributed by atoms with Crippen molar-refractivity contribution in [3.63, 3.8) is 0 Å². The number of rotatable bonds is 6. The van der Waals surface area contributed by atoms with E-state index in [2.05, 4.69) is 21.5 Å². The Hall–Kier alpha value is -3.22. The number of nitrogens with one attached hydrogen (secondary N) is 1. The van der Waals surface area contributed by atoms with Crippen LogP contribution in [0.25, 0.3) is 22.2 Å². The van der Waals surface area contributed by atoms with Gasteiger partial charge in [0, 0.05) is 11.6 Å². The molecule has 0 atom stereocenters. The zero-order chi connectivity index (χ0) is 19.4. The first-order chi connectivity index (χ1) is 13.0. The fraction of sp³-hybridized carbons (Fsp3) is 0.300. The highest BCUT2D eigenvalue weighted by Crippen LogP contribution is 2.30. The van der Waals surface area contributed by atoms with E-state index in [0.717, 1.165) is 22.2 Å². The number of hydrogen-bond donors (Lipinski definition) is 1. The number of pyridine rings is 1. The normalized spacial score (nSPS) is 10.8. The van der Waals surface area contributed by atoms with Gasteiger partial charge < -0.3 is 10.1 Å². The number of aromatic nitrogens is 3. The number of amides is 1. The van der Waals surface area contributed by atoms with Gasteiger partial charge in [-0.2, -0.15) is 5.10 Å². The molecule has 27 heavy (non-hydrogen) atoms. The smallest absolute Gasteiger partial charge is 0.325 e. The van der Waals surface area contributed by atoms with E-state index >= 15 is 0 Å². The Balaban J connectivity index is 1.87. The van der Waals surface area contributed by atoms with Crippen LogP contribution in [0.3, 0.4) is 0 Å². The number of benzene rings is 1. The maximum Gasteiger partial charge on any atom is 0.325 e. The fourth-order valence-electron chi connectivity index (χ4n) is 3.02. The molecular formula is C20H22N4O3. The van der Waals surface area contributed by atoms with Gasteiger partial charge in [-0.3, -0.25) is 9.59 Å². The molecule has 0 aliphatic rings. The molecule has 1 aromatic carbocycles. The molecular weight excluding hydrogens is 344 g/mol. The number of ether oxygens (including phenoxy) is 1. The average molecular weight is 366 g/mol. The summed E-state index contributed by atoms with van der Waals surface area (Å²) in [6, 6.07) is 10.2. The van der Waals surface area contributed by atoms with Crippen molar-refractivity contribution < 1.29 is 14.3 Å². The molecule has 7 nitrogen and oxygen atoms in total. The first-order valence-corrected chi connectivity index (χ1v) is 8.81. The monoisotopic (exact) mass is 366 g/mol. The maximum atomic E-state index is 12.2. The highest BCUT2D eigenvalue weighted by molar-refractivity contribution is 5.95. The van der Waals surface area contributed by atoms with E-state index in [1.807, 2.05) is 38.1 Å². The molecule has 0 unspecified atom stereocenters. The van der Waals surface area contributed by atoms with Gasteiger partial charge in [0.05, 0.1) is 12.3 Å². The molecule has 2 heterocycles. The van der Waals surface area contributed by atoms with Gasteiger partial charge in [-0.15, -0.1) is 0 Å². The lowest BCUT2D eigenvalue weighted by Crippen LogP contribution is -2.33. The first-order valence-electron chi connectivity index (χ1n) is 8.81. The van der Waals surface area contributed by atoms with E-state index in [1.165, 1.54) is 5.56 Å². The van der Waals surface area contributed by atoms with E-state index in [0.29, 0.717) is 5.65 Å². The third-order valence-corrected chi connectivity index (χ3v) is 4.17. The summed E-state index contributed by atoms with van der Waals surface area (Å²) in [5.74, 6) is -0.789. The number of aryl methyl sites for hydroxylation is 2. The van der Waals surface area contributed by atoms with Crippen LogP contribution in [-0.2, 0) is 20.9 Å². The minimum Gasteiger partial charge on any atom is -0.465 e. The molecule has 7 heteroatoms. The number of hydrogen-bond acceptors (Lipinski definition) is 5. The molecule has 3 aromatic rings. The summed E-state index contributed by atoms with van der Waals surface area (Å²) >= 11 is 0. The summed E-state index contributed by atoms with van der Waals surface area (Å²) in [5.41, 5.74) is 4.71. The molecule has 0 bridgehead atoms. The third-order valence-electron chi connectivity index (χ3n) is 4.17. The van der Waals surface area contributed by atoms with Crippen LogP contribution >= 0.6 is 0 Å². The van der Waals surface area contributed by atoms with Crippen LogP contribution < -0.4 is 5.32 Å². The standard InChI is InChI=1S/C20H22N4O3/c1-4-27-18(26)11-22-17(25)12-24-20-19(14(3)23-24)16(8-9-21-20)15-7-5-6-13(2)10-15/h5-10H,4,11-12H2,1-3H3,(H,22,25). The minimum absolute atomic E-state index is 0.0198. The molecule has 1 amide bonds. The van der Waals surface area contributed by atoms with Gasteiger partial charge >= 0.3 is 5.97 Å². The number of fused-ring (bicyclic) bond motifs is 1. The van der Waals surface area contributed by atoms with Crippen LogP contribution in [0.4, 0.5) is 0 Å². The molecule has 140 valence electrons. The van der Waals surface area contributed by atoms with Crippen molar-refractivity contribution >= 4 is 22.9 Å². The predicted octanol–water partition coefficient (Wildman–Crippen LogP) is 2.39. The van der Waals surface area contributed by atoms with Crippen molar-refractivity contribution in [2.75, 3.05) is 13.2 Å². The van der Waals surface area contributed by atoms with Crippen molar-refractivity contribution in [1.29, 1.82) is 0 Å². The number of nitrogens with zero attached hydrogens (tertiary/aromatic N) is 3. The molecule has 0 saturated heterocycles. The van der Waals surface area contributed by atoms with Crippen molar-refractivity contribution in [1.82, 2.24) is 20.1 Å². The Bertz CT molecular complexity index is 994. The van der Waals surface area contributed by atoms with Crippen molar-refractivity contribution in [3.05, 3.63) is 47.8 Å². The SMILES string of the molecule is CCOC(=O)CNC(=O)Cn1nc(C)c2c(-c3cccc(C)c3)ccnc21. The zero-order valence-electron chi connectivity index (χ0n) is 15.7. The Kier molecular flexibility index (Phi) is 5.49. The number of esters is 1. The van der Waals surface area contributed by atoms with Crippen LogP contribution in [0, 0.1) is 13.8 Å². The lowest BCUT2D eigenvalue weighted by atomic mass is 10.0. The second-order valence-corrected chi connectivity index (χ2v) is 6.25. The van der Waals surface area contributed by atoms with Crippen LogP contribution in [0.2, 0.25) is 0 Å². The average Bonchev–Trinajstić information content (AvgIpc) is 2.96. The number of carbonyl (C=O) groups is 2. The Morgan fingerprint density at radius 2 is 2.04 bits per heavy atom. The van der Waals surface area contributed by atoms with Gasteiger partial charge in [0.2, 0.25) is 5.91 Å². The summed E-state index contributed by atoms with van der Waals surface area (Å²) in [6.45, 7) is 5.77. The van der Waals surface area contributed by atoms with Gasteiger partial charge in [0.15, 0.2) is 5.65 Å². The minimum atomic E-state index is -0.466. The Labute approximate surface area is 157 Å². The van der Waals surface area contributed by atoms with Gasteiger partial charge in [0.1, 0.15) is 13.1 Å². The Morgan fingerprint density at radius 3 is 2.78 bits per heavy atom. The number of carbonyl (C=O) groups excluding carboxylic acids is 2. The molecule has 3 rings (SSSR count). The van der Waals surface area contributed by atoms with Gasteiger partial charge in [-0.05, 0) is 38.0 Å². The van der Waals surface area contributed by atoms with Gasteiger partial charge in [-0.25, -0.2) is 9.67 Å². The molecule has 0 saturated carbocycles. The topological polar surface area (TPSA) is 86.1 Å². The Morgan fingerprint density at radius 1 is 1.22 bits per heavy atom. The van der Waals surface area contributed by atoms with Gasteiger partial charge in [0.25, 0.3) is 0 Å². The van der Waals surface area contributed by atoms with E-state index in [4.69, 9.17) is 4.74 Å². The lowest BCUT2D eigenvalue weighted by Gasteiger charge is -2.07. The van der Waals surface area contributed by atoms with E-state index in [1.54, 1.807) is 17.8 Å². The maximum absolute atomic E-state index is 12.2.